The van der Waals surface area contributed by atoms with Crippen molar-refractivity contribution >= 4 is 5.91 Å². The molecule has 0 spiro atoms. The summed E-state index contributed by atoms with van der Waals surface area (Å²) < 4.78 is 63.6. The molecule has 1 N–H and O–H groups in total. The fraction of sp³-hybridized carbons (Fsp3) is 0.321. The Kier molecular flexibility index (Phi) is 8.61. The van der Waals surface area contributed by atoms with Crippen molar-refractivity contribution in [3.05, 3.63) is 88.9 Å². The van der Waals surface area contributed by atoms with Crippen LogP contribution in [0.2, 0.25) is 0 Å². The highest BCUT2D eigenvalue weighted by atomic mass is 19.4. The van der Waals surface area contributed by atoms with Gasteiger partial charge >= 0.3 is 6.18 Å². The molecule has 0 bridgehead atoms. The van der Waals surface area contributed by atoms with Crippen molar-refractivity contribution in [3.8, 4) is 17.7 Å². The van der Waals surface area contributed by atoms with Crippen molar-refractivity contribution in [2.45, 2.75) is 50.9 Å². The van der Waals surface area contributed by atoms with E-state index in [-0.39, 0.29) is 11.4 Å². The largest absolute Gasteiger partial charge is 0.497 e. The van der Waals surface area contributed by atoms with Crippen molar-refractivity contribution in [3.63, 3.8) is 0 Å². The summed E-state index contributed by atoms with van der Waals surface area (Å²) in [5.74, 6) is -1.04. The Morgan fingerprint density at radius 3 is 2.34 bits per heavy atom. The van der Waals surface area contributed by atoms with Gasteiger partial charge in [-0.25, -0.2) is 9.37 Å². The van der Waals surface area contributed by atoms with Crippen LogP contribution in [0.3, 0.4) is 0 Å². The molecule has 6 nitrogen and oxygen atoms in total. The van der Waals surface area contributed by atoms with Gasteiger partial charge in [-0.1, -0.05) is 12.1 Å². The molecular formula is C28H27F4N3O3. The number of hydrogen-bond donors (Lipinski definition) is 1. The van der Waals surface area contributed by atoms with E-state index in [1.165, 1.54) is 19.9 Å². The molecule has 2 atom stereocenters. The molecule has 10 heteroatoms. The SMILES string of the molecule is COc1ccc(C[C@@H](c2cc([18F])cc(C#N)c2)[C@H](C)NC(=O)C(C)(C)Oc2ccc(C(F)(F)F)cn2)cc1. The molecule has 1 heterocycles. The third kappa shape index (κ3) is 7.22. The predicted molar refractivity (Wildman–Crippen MR) is 132 cm³/mol. The minimum Gasteiger partial charge on any atom is -0.497 e. The van der Waals surface area contributed by atoms with Gasteiger partial charge in [0, 0.05) is 24.2 Å². The van der Waals surface area contributed by atoms with Crippen LogP contribution in [0.1, 0.15) is 48.9 Å². The first kappa shape index (κ1) is 28.4. The van der Waals surface area contributed by atoms with Crippen molar-refractivity contribution in [2.24, 2.45) is 0 Å². The zero-order valence-corrected chi connectivity index (χ0v) is 21.3. The van der Waals surface area contributed by atoms with Crippen LogP contribution in [0.5, 0.6) is 11.6 Å². The lowest BCUT2D eigenvalue weighted by Gasteiger charge is -2.30. The summed E-state index contributed by atoms with van der Waals surface area (Å²) in [4.78, 5) is 16.8. The number of amides is 1. The number of nitrogens with zero attached hydrogens (tertiary/aromatic N) is 2. The van der Waals surface area contributed by atoms with Gasteiger partial charge in [0.2, 0.25) is 5.88 Å². The zero-order chi connectivity index (χ0) is 28.1. The number of rotatable bonds is 9. The normalized spacial score (nSPS) is 13.2. The summed E-state index contributed by atoms with van der Waals surface area (Å²) in [5, 5.41) is 12.2. The van der Waals surface area contributed by atoms with Crippen LogP contribution < -0.4 is 14.8 Å². The molecule has 0 aliphatic heterocycles. The summed E-state index contributed by atoms with van der Waals surface area (Å²) in [6.07, 6.45) is -3.51. The van der Waals surface area contributed by atoms with Crippen molar-refractivity contribution in [1.29, 1.82) is 5.26 Å². The molecule has 0 saturated carbocycles. The van der Waals surface area contributed by atoms with Crippen LogP contribution in [0.15, 0.2) is 60.8 Å². The fourth-order valence-electron chi connectivity index (χ4n) is 3.89. The van der Waals surface area contributed by atoms with E-state index in [2.05, 4.69) is 10.3 Å². The number of halogens is 4. The summed E-state index contributed by atoms with van der Waals surface area (Å²) in [7, 11) is 1.55. The standard InChI is InChI=1S/C28H27F4N3O3/c1-17(35-26(36)27(2,3)38-25-10-7-21(16-34-25)28(30,31)32)24(13-18-5-8-23(37-4)9-6-18)20-11-19(15-33)12-22(29)14-20/h5-12,14,16-17,24H,13H2,1-4H3,(H,35,36)/t17-,24+/m0/s1/i29-1. The molecule has 0 radical (unpaired) electrons. The van der Waals surface area contributed by atoms with Crippen molar-refractivity contribution in [1.82, 2.24) is 10.3 Å². The van der Waals surface area contributed by atoms with E-state index in [4.69, 9.17) is 9.47 Å². The number of nitriles is 1. The number of alkyl halides is 3. The highest BCUT2D eigenvalue weighted by molar-refractivity contribution is 5.85. The average Bonchev–Trinajstić information content (AvgIpc) is 2.86. The molecule has 1 amide bonds. The fourth-order valence-corrected chi connectivity index (χ4v) is 3.89. The number of aromatic nitrogens is 1. The topological polar surface area (TPSA) is 84.2 Å². The molecule has 0 aliphatic rings. The lowest BCUT2D eigenvalue weighted by atomic mass is 9.85. The lowest BCUT2D eigenvalue weighted by molar-refractivity contribution is -0.138. The van der Waals surface area contributed by atoms with Gasteiger partial charge in [-0.3, -0.25) is 4.79 Å². The number of hydrogen-bond acceptors (Lipinski definition) is 5. The molecule has 1 aromatic heterocycles. The van der Waals surface area contributed by atoms with E-state index in [9.17, 15) is 27.6 Å². The van der Waals surface area contributed by atoms with Gasteiger partial charge in [0.1, 0.15) is 11.6 Å². The van der Waals surface area contributed by atoms with E-state index in [0.717, 1.165) is 23.8 Å². The van der Waals surface area contributed by atoms with Gasteiger partial charge in [0.05, 0.1) is 24.3 Å². The van der Waals surface area contributed by atoms with Gasteiger partial charge in [-0.05, 0) is 74.7 Å². The molecule has 3 aromatic rings. The molecule has 0 fully saturated rings. The van der Waals surface area contributed by atoms with Gasteiger partial charge in [0.25, 0.3) is 5.91 Å². The zero-order valence-electron chi connectivity index (χ0n) is 21.3. The molecule has 0 aliphatic carbocycles. The van der Waals surface area contributed by atoms with Gasteiger partial charge in [-0.15, -0.1) is 0 Å². The predicted octanol–water partition coefficient (Wildman–Crippen LogP) is 5.81. The number of carbonyl (C=O) groups excluding carboxylic acids is 1. The van der Waals surface area contributed by atoms with E-state index in [1.54, 1.807) is 32.2 Å². The second-order valence-corrected chi connectivity index (χ2v) is 9.30. The maximum absolute atomic E-state index is 14.3. The van der Waals surface area contributed by atoms with Gasteiger partial charge in [0.15, 0.2) is 5.60 Å². The molecule has 200 valence electrons. The van der Waals surface area contributed by atoms with Gasteiger partial charge in [-0.2, -0.15) is 18.4 Å². The van der Waals surface area contributed by atoms with Crippen molar-refractivity contribution in [2.75, 3.05) is 7.11 Å². The van der Waals surface area contributed by atoms with E-state index < -0.39 is 41.0 Å². The van der Waals surface area contributed by atoms with Crippen LogP contribution >= 0.6 is 0 Å². The van der Waals surface area contributed by atoms with Crippen LogP contribution in [0, 0.1) is 17.1 Å². The molecule has 0 saturated heterocycles. The number of ether oxygens (including phenoxy) is 2. The minimum absolute atomic E-state index is 0.148. The van der Waals surface area contributed by atoms with E-state index in [0.29, 0.717) is 23.9 Å². The number of carbonyl (C=O) groups is 1. The summed E-state index contributed by atoms with van der Waals surface area (Å²) in [6.45, 7) is 4.67. The van der Waals surface area contributed by atoms with Crippen LogP contribution in [0.4, 0.5) is 17.6 Å². The summed E-state index contributed by atoms with van der Waals surface area (Å²) >= 11 is 0. The Morgan fingerprint density at radius 1 is 1.11 bits per heavy atom. The second-order valence-electron chi connectivity index (χ2n) is 9.30. The molecule has 2 aromatic carbocycles. The Balaban J connectivity index is 1.83. The number of methoxy groups -OCH3 is 1. The summed E-state index contributed by atoms with van der Waals surface area (Å²) in [6, 6.07) is 14.6. The van der Waals surface area contributed by atoms with E-state index in [1.807, 2.05) is 18.2 Å². The Bertz CT molecular complexity index is 1300. The maximum atomic E-state index is 14.3. The molecule has 38 heavy (non-hydrogen) atoms. The highest BCUT2D eigenvalue weighted by Gasteiger charge is 2.35. The number of benzene rings is 2. The quantitative estimate of drug-likeness (QED) is 0.355. The summed E-state index contributed by atoms with van der Waals surface area (Å²) in [5.41, 5.74) is -0.868. The Labute approximate surface area is 218 Å². The van der Waals surface area contributed by atoms with Crippen molar-refractivity contribution < 1.29 is 31.8 Å². The Hall–Kier alpha value is -4.13. The number of pyridine rings is 1. The molecule has 0 unspecified atom stereocenters. The molecule has 3 rings (SSSR count). The van der Waals surface area contributed by atoms with Crippen LogP contribution in [-0.4, -0.2) is 29.6 Å². The van der Waals surface area contributed by atoms with Crippen LogP contribution in [-0.2, 0) is 17.4 Å². The maximum Gasteiger partial charge on any atom is 0.417 e. The monoisotopic (exact) mass is 528 g/mol. The van der Waals surface area contributed by atoms with E-state index >= 15 is 0 Å². The van der Waals surface area contributed by atoms with Gasteiger partial charge < -0.3 is 14.8 Å². The Morgan fingerprint density at radius 2 is 1.79 bits per heavy atom. The minimum atomic E-state index is -4.55. The first-order chi connectivity index (χ1) is 17.8. The third-order valence-electron chi connectivity index (χ3n) is 6.02. The van der Waals surface area contributed by atoms with Crippen LogP contribution in [0.25, 0.3) is 0 Å². The molecular weight excluding hydrogens is 501 g/mol. The number of nitrogens with one attached hydrogen (secondary N) is 1. The second kappa shape index (κ2) is 11.5. The smallest absolute Gasteiger partial charge is 0.417 e. The first-order valence-electron chi connectivity index (χ1n) is 11.7. The lowest BCUT2D eigenvalue weighted by Crippen LogP contribution is -2.51. The average molecular weight is 529 g/mol. The first-order valence-corrected chi connectivity index (χ1v) is 11.7. The highest BCUT2D eigenvalue weighted by Crippen LogP contribution is 2.30. The third-order valence-corrected chi connectivity index (χ3v) is 6.02.